The summed E-state index contributed by atoms with van der Waals surface area (Å²) in [4.78, 5) is 26.9. The summed E-state index contributed by atoms with van der Waals surface area (Å²) in [6, 6.07) is 9.97. The number of thiocarbonyl (C=S) groups is 1. The van der Waals surface area contributed by atoms with Crippen molar-refractivity contribution in [1.82, 2.24) is 4.90 Å². The minimum absolute atomic E-state index is 0.0984. The molecule has 0 bridgehead atoms. The summed E-state index contributed by atoms with van der Waals surface area (Å²) in [7, 11) is 1.50. The van der Waals surface area contributed by atoms with Gasteiger partial charge in [-0.2, -0.15) is 0 Å². The summed E-state index contributed by atoms with van der Waals surface area (Å²) in [5.74, 6) is 0.333. The average molecular weight is 511 g/mol. The summed E-state index contributed by atoms with van der Waals surface area (Å²) in [5, 5.41) is 3.47. The molecule has 168 valence electrons. The largest absolute Gasteiger partial charge is 0.493 e. The van der Waals surface area contributed by atoms with E-state index in [9.17, 15) is 9.59 Å². The number of benzene rings is 2. The molecule has 1 aliphatic heterocycles. The second-order valence-corrected chi connectivity index (χ2v) is 9.22. The third-order valence-electron chi connectivity index (χ3n) is 4.37. The Balaban J connectivity index is 1.67. The molecule has 1 saturated heterocycles. The lowest BCUT2D eigenvalue weighted by atomic mass is 10.2. The molecule has 10 heteroatoms. The fourth-order valence-electron chi connectivity index (χ4n) is 2.88. The Hall–Kier alpha value is -2.26. The van der Waals surface area contributed by atoms with E-state index in [4.69, 9.17) is 44.9 Å². The molecule has 1 aliphatic rings. The maximum Gasteiger partial charge on any atom is 0.266 e. The third kappa shape index (κ3) is 5.95. The molecular weight excluding hydrogens is 491 g/mol. The molecule has 0 aromatic heterocycles. The van der Waals surface area contributed by atoms with Gasteiger partial charge in [0.05, 0.1) is 22.7 Å². The van der Waals surface area contributed by atoms with Gasteiger partial charge in [0, 0.05) is 11.6 Å². The van der Waals surface area contributed by atoms with Gasteiger partial charge in [-0.25, -0.2) is 0 Å². The molecule has 0 saturated carbocycles. The number of rotatable bonds is 8. The summed E-state index contributed by atoms with van der Waals surface area (Å²) in [5.41, 5.74) is 1.19. The van der Waals surface area contributed by atoms with Crippen LogP contribution in [0.25, 0.3) is 6.08 Å². The fourth-order valence-corrected chi connectivity index (χ4v) is 4.65. The Kier molecular flexibility index (Phi) is 8.42. The van der Waals surface area contributed by atoms with Crippen LogP contribution in [-0.2, 0) is 9.59 Å². The maximum absolute atomic E-state index is 12.5. The smallest absolute Gasteiger partial charge is 0.266 e. The van der Waals surface area contributed by atoms with Crippen molar-refractivity contribution in [2.45, 2.75) is 13.3 Å². The molecule has 0 aliphatic carbocycles. The highest BCUT2D eigenvalue weighted by Crippen LogP contribution is 2.35. The number of amides is 2. The zero-order valence-electron chi connectivity index (χ0n) is 17.3. The van der Waals surface area contributed by atoms with Crippen molar-refractivity contribution in [2.75, 3.05) is 25.6 Å². The van der Waals surface area contributed by atoms with Crippen LogP contribution in [0.5, 0.6) is 11.5 Å². The first-order valence-corrected chi connectivity index (χ1v) is 11.6. The van der Waals surface area contributed by atoms with Gasteiger partial charge in [-0.05, 0) is 48.4 Å². The predicted molar refractivity (Wildman–Crippen MR) is 134 cm³/mol. The number of nitrogens with zero attached hydrogens (tertiary/aromatic N) is 1. The number of hydrogen-bond acceptors (Lipinski definition) is 6. The molecule has 32 heavy (non-hydrogen) atoms. The van der Waals surface area contributed by atoms with Gasteiger partial charge in [0.15, 0.2) is 18.1 Å². The van der Waals surface area contributed by atoms with Crippen molar-refractivity contribution >= 4 is 75.1 Å². The molecule has 1 N–H and O–H groups in total. The van der Waals surface area contributed by atoms with E-state index in [1.54, 1.807) is 41.3 Å². The molecule has 2 amide bonds. The Morgan fingerprint density at radius 1 is 1.22 bits per heavy atom. The molecule has 0 radical (unpaired) electrons. The first-order chi connectivity index (χ1) is 15.3. The van der Waals surface area contributed by atoms with E-state index in [2.05, 4.69) is 5.32 Å². The number of carbonyl (C=O) groups excluding carboxylic acids is 2. The van der Waals surface area contributed by atoms with E-state index >= 15 is 0 Å². The van der Waals surface area contributed by atoms with Gasteiger partial charge in [-0.15, -0.1) is 0 Å². The van der Waals surface area contributed by atoms with Crippen LogP contribution in [0.2, 0.25) is 10.0 Å². The highest BCUT2D eigenvalue weighted by atomic mass is 35.5. The van der Waals surface area contributed by atoms with Crippen LogP contribution in [0.3, 0.4) is 0 Å². The number of anilines is 1. The Bertz CT molecular complexity index is 1090. The lowest BCUT2D eigenvalue weighted by Crippen LogP contribution is -2.28. The van der Waals surface area contributed by atoms with Crippen LogP contribution >= 0.6 is 47.2 Å². The van der Waals surface area contributed by atoms with Crippen molar-refractivity contribution in [3.05, 3.63) is 56.9 Å². The van der Waals surface area contributed by atoms with Gasteiger partial charge in [0.2, 0.25) is 0 Å². The standard InChI is InChI=1S/C22H20Cl2N2O4S2/c1-3-8-26-21(28)19(32-22(26)31)10-13-4-7-17(18(9-13)29-2)30-12-20(27)25-16-6-5-14(23)11-15(16)24/h4-7,9-11H,3,8,12H2,1-2H3,(H,25,27)/b19-10-. The van der Waals surface area contributed by atoms with E-state index in [-0.39, 0.29) is 18.4 Å². The number of carbonyl (C=O) groups is 2. The summed E-state index contributed by atoms with van der Waals surface area (Å²) in [6.45, 7) is 2.35. The normalized spacial score (nSPS) is 14.8. The summed E-state index contributed by atoms with van der Waals surface area (Å²) < 4.78 is 11.6. The average Bonchev–Trinajstić information content (AvgIpc) is 3.02. The lowest BCUT2D eigenvalue weighted by molar-refractivity contribution is -0.122. The van der Waals surface area contributed by atoms with Crippen molar-refractivity contribution in [3.8, 4) is 11.5 Å². The minimum Gasteiger partial charge on any atom is -0.493 e. The van der Waals surface area contributed by atoms with Crippen LogP contribution in [0.15, 0.2) is 41.3 Å². The fraction of sp³-hybridized carbons (Fsp3) is 0.227. The molecule has 2 aromatic rings. The van der Waals surface area contributed by atoms with Gasteiger partial charge in [0.25, 0.3) is 11.8 Å². The van der Waals surface area contributed by atoms with Crippen molar-refractivity contribution < 1.29 is 19.1 Å². The Morgan fingerprint density at radius 3 is 2.69 bits per heavy atom. The highest BCUT2D eigenvalue weighted by Gasteiger charge is 2.31. The summed E-state index contributed by atoms with van der Waals surface area (Å²) >= 11 is 18.5. The molecular formula is C22H20Cl2N2O4S2. The number of nitrogens with one attached hydrogen (secondary N) is 1. The number of ether oxygens (including phenoxy) is 2. The zero-order chi connectivity index (χ0) is 23.3. The first kappa shape index (κ1) is 24.4. The maximum atomic E-state index is 12.5. The number of halogens is 2. The molecule has 2 aromatic carbocycles. The van der Waals surface area contributed by atoms with Crippen molar-refractivity contribution in [2.24, 2.45) is 0 Å². The lowest BCUT2D eigenvalue weighted by Gasteiger charge is -2.12. The topological polar surface area (TPSA) is 67.9 Å². The summed E-state index contributed by atoms with van der Waals surface area (Å²) in [6.07, 6.45) is 2.59. The Labute approximate surface area is 205 Å². The molecule has 1 fully saturated rings. The van der Waals surface area contributed by atoms with Gasteiger partial charge in [-0.1, -0.05) is 60.2 Å². The monoisotopic (exact) mass is 510 g/mol. The molecule has 6 nitrogen and oxygen atoms in total. The van der Waals surface area contributed by atoms with Gasteiger partial charge < -0.3 is 14.8 Å². The van der Waals surface area contributed by atoms with E-state index in [0.717, 1.165) is 12.0 Å². The van der Waals surface area contributed by atoms with E-state index in [0.29, 0.717) is 43.0 Å². The predicted octanol–water partition coefficient (Wildman–Crippen LogP) is 5.63. The number of methoxy groups -OCH3 is 1. The molecule has 3 rings (SSSR count). The second kappa shape index (κ2) is 11.0. The van der Waals surface area contributed by atoms with Crippen LogP contribution in [0, 0.1) is 0 Å². The van der Waals surface area contributed by atoms with Crippen molar-refractivity contribution in [3.63, 3.8) is 0 Å². The van der Waals surface area contributed by atoms with Crippen LogP contribution < -0.4 is 14.8 Å². The van der Waals surface area contributed by atoms with Gasteiger partial charge >= 0.3 is 0 Å². The number of hydrogen-bond donors (Lipinski definition) is 1. The molecule has 1 heterocycles. The van der Waals surface area contributed by atoms with E-state index < -0.39 is 0 Å². The van der Waals surface area contributed by atoms with Gasteiger partial charge in [-0.3, -0.25) is 14.5 Å². The highest BCUT2D eigenvalue weighted by molar-refractivity contribution is 8.26. The van der Waals surface area contributed by atoms with Crippen LogP contribution in [-0.4, -0.2) is 41.3 Å². The third-order valence-corrected chi connectivity index (χ3v) is 6.30. The van der Waals surface area contributed by atoms with E-state index in [1.807, 2.05) is 6.92 Å². The molecule has 0 atom stereocenters. The first-order valence-electron chi connectivity index (χ1n) is 9.63. The minimum atomic E-state index is -0.389. The van der Waals surface area contributed by atoms with Crippen molar-refractivity contribution in [1.29, 1.82) is 0 Å². The number of thioether (sulfide) groups is 1. The quantitative estimate of drug-likeness (QED) is 0.366. The second-order valence-electron chi connectivity index (χ2n) is 6.70. The molecule has 0 spiro atoms. The molecule has 0 unspecified atom stereocenters. The Morgan fingerprint density at radius 2 is 2.00 bits per heavy atom. The SMILES string of the molecule is CCCN1C(=O)/C(=C/c2ccc(OCC(=O)Nc3ccc(Cl)cc3Cl)c(OC)c2)SC1=S. The van der Waals surface area contributed by atoms with Gasteiger partial charge in [0.1, 0.15) is 4.32 Å². The van der Waals surface area contributed by atoms with Crippen LogP contribution in [0.1, 0.15) is 18.9 Å². The zero-order valence-corrected chi connectivity index (χ0v) is 20.5. The van der Waals surface area contributed by atoms with E-state index in [1.165, 1.54) is 24.9 Å². The van der Waals surface area contributed by atoms with Crippen LogP contribution in [0.4, 0.5) is 5.69 Å².